The lowest BCUT2D eigenvalue weighted by Gasteiger charge is -1.97. The van der Waals surface area contributed by atoms with Crippen molar-refractivity contribution in [1.82, 2.24) is 0 Å². The number of thiol groups is 1. The summed E-state index contributed by atoms with van der Waals surface area (Å²) in [4.78, 5) is 1.07. The van der Waals surface area contributed by atoms with Gasteiger partial charge in [0.1, 0.15) is 0 Å². The molecule has 0 bridgehead atoms. The van der Waals surface area contributed by atoms with E-state index in [1.807, 2.05) is 0 Å². The van der Waals surface area contributed by atoms with Crippen LogP contribution in [0.5, 0.6) is 0 Å². The molecule has 2 aromatic rings. The molecule has 0 aliphatic heterocycles. The van der Waals surface area contributed by atoms with Crippen LogP contribution in [0.1, 0.15) is 5.56 Å². The van der Waals surface area contributed by atoms with Crippen LogP contribution in [0.2, 0.25) is 0 Å². The van der Waals surface area contributed by atoms with Crippen molar-refractivity contribution in [2.24, 2.45) is 0 Å². The molecule has 0 radical (unpaired) electrons. The molecule has 0 aliphatic carbocycles. The first kappa shape index (κ1) is 8.60. The van der Waals surface area contributed by atoms with Gasteiger partial charge in [-0.3, -0.25) is 0 Å². The highest BCUT2D eigenvalue weighted by Crippen LogP contribution is 2.33. The van der Waals surface area contributed by atoms with Crippen molar-refractivity contribution in [3.05, 3.63) is 27.5 Å². The van der Waals surface area contributed by atoms with Gasteiger partial charge in [0.2, 0.25) is 0 Å². The predicted molar refractivity (Wildman–Crippen MR) is 61.5 cm³/mol. The maximum Gasteiger partial charge on any atom is 0.0384 e. The van der Waals surface area contributed by atoms with E-state index >= 15 is 0 Å². The second-order valence-electron chi connectivity index (χ2n) is 2.72. The highest BCUT2D eigenvalue weighted by Gasteiger charge is 2.03. The van der Waals surface area contributed by atoms with Crippen LogP contribution in [0.4, 0.5) is 0 Å². The molecule has 62 valence electrons. The fourth-order valence-corrected chi connectivity index (χ4v) is 3.13. The summed E-state index contributed by atoms with van der Waals surface area (Å²) in [6, 6.07) is 4.24. The van der Waals surface area contributed by atoms with E-state index < -0.39 is 0 Å². The molecule has 1 aromatic carbocycles. The molecule has 3 heteroatoms. The lowest BCUT2D eigenvalue weighted by molar-refractivity contribution is 1.52. The zero-order valence-corrected chi connectivity index (χ0v) is 9.76. The van der Waals surface area contributed by atoms with Crippen LogP contribution in [0, 0.1) is 6.92 Å². The molecule has 0 unspecified atom stereocenters. The van der Waals surface area contributed by atoms with Crippen LogP contribution >= 0.6 is 39.9 Å². The molecular formula is C9H7BrS2. The van der Waals surface area contributed by atoms with Gasteiger partial charge in [0.15, 0.2) is 0 Å². The Morgan fingerprint density at radius 1 is 1.42 bits per heavy atom. The number of aryl methyl sites for hydroxylation is 1. The monoisotopic (exact) mass is 258 g/mol. The number of hydrogen-bond acceptors (Lipinski definition) is 2. The van der Waals surface area contributed by atoms with E-state index in [0.29, 0.717) is 0 Å². The summed E-state index contributed by atoms with van der Waals surface area (Å²) >= 11 is 9.61. The van der Waals surface area contributed by atoms with Crippen LogP contribution in [0.25, 0.3) is 10.1 Å². The molecule has 0 aliphatic rings. The van der Waals surface area contributed by atoms with Gasteiger partial charge in [0, 0.05) is 24.8 Å². The highest BCUT2D eigenvalue weighted by molar-refractivity contribution is 9.10. The van der Waals surface area contributed by atoms with Crippen LogP contribution < -0.4 is 0 Å². The summed E-state index contributed by atoms with van der Waals surface area (Å²) in [6.45, 7) is 2.12. The lowest BCUT2D eigenvalue weighted by atomic mass is 10.2. The quantitative estimate of drug-likeness (QED) is 0.671. The van der Waals surface area contributed by atoms with E-state index in [1.54, 1.807) is 11.3 Å². The minimum Gasteiger partial charge on any atom is -0.142 e. The van der Waals surface area contributed by atoms with Crippen molar-refractivity contribution in [1.29, 1.82) is 0 Å². The summed E-state index contributed by atoms with van der Waals surface area (Å²) in [5.41, 5.74) is 1.31. The van der Waals surface area contributed by atoms with E-state index in [4.69, 9.17) is 0 Å². The zero-order valence-electron chi connectivity index (χ0n) is 6.47. The van der Waals surface area contributed by atoms with Gasteiger partial charge in [-0.2, -0.15) is 0 Å². The standard InChI is InChI=1S/C9H7BrS2/c1-5-2-6(10)3-7-8(11)4-12-9(5)7/h2-4,11H,1H3. The number of fused-ring (bicyclic) bond motifs is 1. The number of thiophene rings is 1. The molecule has 0 N–H and O–H groups in total. The van der Waals surface area contributed by atoms with Crippen molar-refractivity contribution < 1.29 is 0 Å². The third-order valence-electron chi connectivity index (χ3n) is 1.80. The first-order valence-electron chi connectivity index (χ1n) is 3.55. The summed E-state index contributed by atoms with van der Waals surface area (Å²) in [5, 5.41) is 3.32. The molecule has 0 amide bonds. The Balaban J connectivity index is 2.92. The third kappa shape index (κ3) is 1.30. The Kier molecular flexibility index (Phi) is 2.19. The molecular weight excluding hydrogens is 252 g/mol. The minimum atomic E-state index is 1.07. The largest absolute Gasteiger partial charge is 0.142 e. The fraction of sp³-hybridized carbons (Fsp3) is 0.111. The Morgan fingerprint density at radius 2 is 2.17 bits per heavy atom. The molecule has 2 rings (SSSR count). The smallest absolute Gasteiger partial charge is 0.0384 e. The van der Waals surface area contributed by atoms with Gasteiger partial charge < -0.3 is 0 Å². The van der Waals surface area contributed by atoms with E-state index in [1.165, 1.54) is 15.6 Å². The molecule has 12 heavy (non-hydrogen) atoms. The lowest BCUT2D eigenvalue weighted by Crippen LogP contribution is -1.73. The van der Waals surface area contributed by atoms with Crippen molar-refractivity contribution in [2.45, 2.75) is 11.8 Å². The number of hydrogen-bond donors (Lipinski definition) is 1. The third-order valence-corrected chi connectivity index (χ3v) is 3.94. The normalized spacial score (nSPS) is 10.9. The van der Waals surface area contributed by atoms with Gasteiger partial charge in [-0.15, -0.1) is 24.0 Å². The van der Waals surface area contributed by atoms with E-state index in [-0.39, 0.29) is 0 Å². The summed E-state index contributed by atoms with van der Waals surface area (Å²) in [7, 11) is 0. The summed E-state index contributed by atoms with van der Waals surface area (Å²) in [5.74, 6) is 0. The Labute approximate surface area is 89.1 Å². The molecule has 0 atom stereocenters. The minimum absolute atomic E-state index is 1.07. The van der Waals surface area contributed by atoms with Crippen molar-refractivity contribution >= 4 is 50.0 Å². The van der Waals surface area contributed by atoms with Crippen molar-refractivity contribution in [2.75, 3.05) is 0 Å². The van der Waals surface area contributed by atoms with Crippen molar-refractivity contribution in [3.63, 3.8) is 0 Å². The first-order valence-corrected chi connectivity index (χ1v) is 5.67. The summed E-state index contributed by atoms with van der Waals surface area (Å²) < 4.78 is 2.46. The van der Waals surface area contributed by atoms with Gasteiger partial charge in [0.05, 0.1) is 0 Å². The molecule has 0 spiro atoms. The molecule has 1 heterocycles. The Morgan fingerprint density at radius 3 is 2.92 bits per heavy atom. The molecule has 0 saturated carbocycles. The number of rotatable bonds is 0. The SMILES string of the molecule is Cc1cc(Br)cc2c(S)csc12. The van der Waals surface area contributed by atoms with Gasteiger partial charge >= 0.3 is 0 Å². The number of halogens is 1. The van der Waals surface area contributed by atoms with Gasteiger partial charge in [-0.1, -0.05) is 15.9 Å². The molecule has 1 aromatic heterocycles. The maximum atomic E-state index is 4.39. The fourth-order valence-electron chi connectivity index (χ4n) is 1.25. The van der Waals surface area contributed by atoms with Gasteiger partial charge in [-0.05, 0) is 24.6 Å². The Bertz CT molecular complexity index is 431. The zero-order chi connectivity index (χ0) is 8.72. The van der Waals surface area contributed by atoms with Crippen LogP contribution in [-0.2, 0) is 0 Å². The van der Waals surface area contributed by atoms with E-state index in [9.17, 15) is 0 Å². The maximum absolute atomic E-state index is 4.39. The van der Waals surface area contributed by atoms with Crippen molar-refractivity contribution in [3.8, 4) is 0 Å². The van der Waals surface area contributed by atoms with E-state index in [2.05, 4.69) is 53.0 Å². The average Bonchev–Trinajstić information content (AvgIpc) is 2.33. The summed E-state index contributed by atoms with van der Waals surface area (Å²) in [6.07, 6.45) is 0. The average molecular weight is 259 g/mol. The molecule has 0 nitrogen and oxygen atoms in total. The predicted octanol–water partition coefficient (Wildman–Crippen LogP) is 4.26. The second-order valence-corrected chi connectivity index (χ2v) is 5.00. The van der Waals surface area contributed by atoms with Crippen LogP contribution in [0.3, 0.4) is 0 Å². The highest BCUT2D eigenvalue weighted by atomic mass is 79.9. The molecule has 0 saturated heterocycles. The molecule has 0 fully saturated rings. The van der Waals surface area contributed by atoms with Crippen LogP contribution in [0.15, 0.2) is 26.9 Å². The van der Waals surface area contributed by atoms with Gasteiger partial charge in [0.25, 0.3) is 0 Å². The number of benzene rings is 1. The Hall–Kier alpha value is 0.01000. The van der Waals surface area contributed by atoms with Crippen LogP contribution in [-0.4, -0.2) is 0 Å². The van der Waals surface area contributed by atoms with E-state index in [0.717, 1.165) is 9.37 Å². The first-order chi connectivity index (χ1) is 5.68. The van der Waals surface area contributed by atoms with Gasteiger partial charge in [-0.25, -0.2) is 0 Å². The topological polar surface area (TPSA) is 0 Å². The second kappa shape index (κ2) is 3.05.